The van der Waals surface area contributed by atoms with E-state index in [2.05, 4.69) is 26.0 Å². The number of carbonyl (C=O) groups is 2. The first-order chi connectivity index (χ1) is 12.3. The fraction of sp³-hybridized carbons (Fsp3) is 0.619. The van der Waals surface area contributed by atoms with Gasteiger partial charge in [0, 0.05) is 13.1 Å². The highest BCUT2D eigenvalue weighted by Crippen LogP contribution is 2.29. The predicted octanol–water partition coefficient (Wildman–Crippen LogP) is 3.69. The van der Waals surface area contributed by atoms with E-state index >= 15 is 0 Å². The maximum absolute atomic E-state index is 12.8. The van der Waals surface area contributed by atoms with E-state index < -0.39 is 6.10 Å². The Kier molecular flexibility index (Phi) is 7.06. The van der Waals surface area contributed by atoms with Gasteiger partial charge >= 0.3 is 5.97 Å². The normalized spacial score (nSPS) is 16.5. The second-order valence-corrected chi connectivity index (χ2v) is 7.31. The number of likely N-dealkylation sites (tertiary alicyclic amines) is 1. The van der Waals surface area contributed by atoms with Crippen LogP contribution < -0.4 is 4.74 Å². The van der Waals surface area contributed by atoms with Crippen LogP contribution in [-0.4, -0.2) is 42.6 Å². The van der Waals surface area contributed by atoms with E-state index in [1.165, 1.54) is 0 Å². The molecule has 5 heteroatoms. The average molecular weight is 361 g/mol. The summed E-state index contributed by atoms with van der Waals surface area (Å²) in [6, 6.07) is 6.12. The number of carbonyl (C=O) groups excluding carboxylic acids is 2. The molecule has 0 aromatic heterocycles. The van der Waals surface area contributed by atoms with E-state index in [4.69, 9.17) is 9.47 Å². The Balaban J connectivity index is 1.97. The van der Waals surface area contributed by atoms with Gasteiger partial charge in [-0.1, -0.05) is 26.0 Å². The quantitative estimate of drug-likeness (QED) is 0.725. The van der Waals surface area contributed by atoms with Crippen molar-refractivity contribution in [1.29, 1.82) is 0 Å². The molecule has 1 fully saturated rings. The van der Waals surface area contributed by atoms with Crippen LogP contribution >= 0.6 is 0 Å². The summed E-state index contributed by atoms with van der Waals surface area (Å²) in [6.07, 6.45) is 0.756. The van der Waals surface area contributed by atoms with E-state index in [0.717, 1.165) is 16.9 Å². The molecule has 1 atom stereocenters. The van der Waals surface area contributed by atoms with Crippen LogP contribution in [0.15, 0.2) is 18.2 Å². The van der Waals surface area contributed by atoms with Crippen LogP contribution in [0.3, 0.4) is 0 Å². The molecular weight excluding hydrogens is 330 g/mol. The van der Waals surface area contributed by atoms with E-state index in [0.29, 0.717) is 38.5 Å². The molecule has 1 aliphatic heterocycles. The Bertz CT molecular complexity index is 633. The molecule has 0 radical (unpaired) electrons. The summed E-state index contributed by atoms with van der Waals surface area (Å²) < 4.78 is 11.1. The van der Waals surface area contributed by atoms with Crippen molar-refractivity contribution in [2.24, 2.45) is 5.92 Å². The number of hydrogen-bond acceptors (Lipinski definition) is 4. The fourth-order valence-corrected chi connectivity index (χ4v) is 3.31. The number of amides is 1. The van der Waals surface area contributed by atoms with Crippen molar-refractivity contribution in [2.45, 2.75) is 59.5 Å². The standard InChI is InChI=1S/C21H31NO4/c1-6-25-21(24)17-9-11-22(12-10-17)20(23)16(5)26-19-13-15(4)7-8-18(19)14(2)3/h7-8,13-14,16-17H,6,9-12H2,1-5H3. The SMILES string of the molecule is CCOC(=O)C1CCN(C(=O)C(C)Oc2cc(C)ccc2C(C)C)CC1. The summed E-state index contributed by atoms with van der Waals surface area (Å²) in [6.45, 7) is 11.4. The Morgan fingerprint density at radius 3 is 2.42 bits per heavy atom. The molecule has 1 saturated heterocycles. The molecule has 0 N–H and O–H groups in total. The molecule has 2 rings (SSSR count). The Morgan fingerprint density at radius 2 is 1.85 bits per heavy atom. The van der Waals surface area contributed by atoms with Crippen molar-refractivity contribution in [2.75, 3.05) is 19.7 Å². The number of rotatable bonds is 6. The molecule has 0 bridgehead atoms. The third-order valence-corrected chi connectivity index (χ3v) is 4.87. The first-order valence-corrected chi connectivity index (χ1v) is 9.56. The zero-order valence-electron chi connectivity index (χ0n) is 16.6. The summed E-state index contributed by atoms with van der Waals surface area (Å²) in [7, 11) is 0. The van der Waals surface area contributed by atoms with Crippen molar-refractivity contribution in [3.8, 4) is 5.75 Å². The first-order valence-electron chi connectivity index (χ1n) is 9.56. The molecule has 144 valence electrons. The number of hydrogen-bond donors (Lipinski definition) is 0. The highest BCUT2D eigenvalue weighted by Gasteiger charge is 2.31. The van der Waals surface area contributed by atoms with Crippen LogP contribution in [-0.2, 0) is 14.3 Å². The van der Waals surface area contributed by atoms with Crippen molar-refractivity contribution in [3.05, 3.63) is 29.3 Å². The number of aryl methyl sites for hydroxylation is 1. The number of esters is 1. The minimum Gasteiger partial charge on any atom is -0.481 e. The molecule has 0 aliphatic carbocycles. The van der Waals surface area contributed by atoms with Gasteiger partial charge in [0.15, 0.2) is 6.10 Å². The molecule has 26 heavy (non-hydrogen) atoms. The summed E-state index contributed by atoms with van der Waals surface area (Å²) in [5.41, 5.74) is 2.22. The molecule has 1 heterocycles. The molecule has 1 aromatic rings. The monoisotopic (exact) mass is 361 g/mol. The third kappa shape index (κ3) is 4.99. The number of piperidine rings is 1. The van der Waals surface area contributed by atoms with Crippen LogP contribution in [0.1, 0.15) is 57.6 Å². The first kappa shape index (κ1) is 20.3. The van der Waals surface area contributed by atoms with Crippen LogP contribution in [0.2, 0.25) is 0 Å². The summed E-state index contributed by atoms with van der Waals surface area (Å²) >= 11 is 0. The van der Waals surface area contributed by atoms with E-state index in [1.54, 1.807) is 11.8 Å². The van der Waals surface area contributed by atoms with Gasteiger partial charge in [-0.2, -0.15) is 0 Å². The van der Waals surface area contributed by atoms with Gasteiger partial charge in [-0.3, -0.25) is 9.59 Å². The highest BCUT2D eigenvalue weighted by atomic mass is 16.5. The Labute approximate surface area is 156 Å². The highest BCUT2D eigenvalue weighted by molar-refractivity contribution is 5.81. The smallest absolute Gasteiger partial charge is 0.309 e. The second-order valence-electron chi connectivity index (χ2n) is 7.31. The lowest BCUT2D eigenvalue weighted by Crippen LogP contribution is -2.46. The summed E-state index contributed by atoms with van der Waals surface area (Å²) in [5.74, 6) is 0.837. The van der Waals surface area contributed by atoms with Crippen LogP contribution in [0.4, 0.5) is 0 Å². The van der Waals surface area contributed by atoms with Crippen molar-refractivity contribution in [1.82, 2.24) is 4.90 Å². The van der Waals surface area contributed by atoms with Gasteiger partial charge in [0.2, 0.25) is 0 Å². The number of nitrogens with zero attached hydrogens (tertiary/aromatic N) is 1. The average Bonchev–Trinajstić information content (AvgIpc) is 2.61. The largest absolute Gasteiger partial charge is 0.481 e. The van der Waals surface area contributed by atoms with E-state index in [1.807, 2.05) is 19.9 Å². The van der Waals surface area contributed by atoms with Gasteiger partial charge in [-0.05, 0) is 56.7 Å². The van der Waals surface area contributed by atoms with Crippen molar-refractivity contribution >= 4 is 11.9 Å². The molecule has 1 unspecified atom stereocenters. The molecular formula is C21H31NO4. The van der Waals surface area contributed by atoms with Crippen LogP contribution in [0, 0.1) is 12.8 Å². The molecule has 0 spiro atoms. The summed E-state index contributed by atoms with van der Waals surface area (Å²) in [5, 5.41) is 0. The minimum absolute atomic E-state index is 0.0245. The topological polar surface area (TPSA) is 55.8 Å². The van der Waals surface area contributed by atoms with Gasteiger partial charge in [0.1, 0.15) is 5.75 Å². The van der Waals surface area contributed by atoms with Gasteiger partial charge < -0.3 is 14.4 Å². The lowest BCUT2D eigenvalue weighted by atomic mass is 9.96. The van der Waals surface area contributed by atoms with E-state index in [9.17, 15) is 9.59 Å². The molecule has 1 amide bonds. The van der Waals surface area contributed by atoms with Gasteiger partial charge in [-0.25, -0.2) is 0 Å². The predicted molar refractivity (Wildman–Crippen MR) is 101 cm³/mol. The molecule has 0 saturated carbocycles. The molecule has 1 aromatic carbocycles. The molecule has 5 nitrogen and oxygen atoms in total. The zero-order chi connectivity index (χ0) is 19.3. The lowest BCUT2D eigenvalue weighted by Gasteiger charge is -2.32. The second kappa shape index (κ2) is 9.06. The molecule has 1 aliphatic rings. The lowest BCUT2D eigenvalue weighted by molar-refractivity contribution is -0.152. The Morgan fingerprint density at radius 1 is 1.19 bits per heavy atom. The maximum Gasteiger partial charge on any atom is 0.309 e. The van der Waals surface area contributed by atoms with Gasteiger partial charge in [-0.15, -0.1) is 0 Å². The van der Waals surface area contributed by atoms with Crippen LogP contribution in [0.25, 0.3) is 0 Å². The van der Waals surface area contributed by atoms with Crippen molar-refractivity contribution < 1.29 is 19.1 Å². The van der Waals surface area contributed by atoms with E-state index in [-0.39, 0.29) is 17.8 Å². The minimum atomic E-state index is -0.548. The van der Waals surface area contributed by atoms with Crippen LogP contribution in [0.5, 0.6) is 5.75 Å². The van der Waals surface area contributed by atoms with Gasteiger partial charge in [0.05, 0.1) is 12.5 Å². The maximum atomic E-state index is 12.8. The third-order valence-electron chi connectivity index (χ3n) is 4.87. The number of benzene rings is 1. The fourth-order valence-electron chi connectivity index (χ4n) is 3.31. The zero-order valence-corrected chi connectivity index (χ0v) is 16.6. The number of ether oxygens (including phenoxy) is 2. The van der Waals surface area contributed by atoms with Gasteiger partial charge in [0.25, 0.3) is 5.91 Å². The Hall–Kier alpha value is -2.04. The summed E-state index contributed by atoms with van der Waals surface area (Å²) in [4.78, 5) is 26.4. The van der Waals surface area contributed by atoms with Crippen molar-refractivity contribution in [3.63, 3.8) is 0 Å².